The van der Waals surface area contributed by atoms with Crippen molar-refractivity contribution < 1.29 is 0 Å². The van der Waals surface area contributed by atoms with Crippen LogP contribution in [0, 0.1) is 11.3 Å². The molecule has 0 spiro atoms. The number of piperidine rings is 1. The van der Waals surface area contributed by atoms with E-state index < -0.39 is 5.79 Å². The van der Waals surface area contributed by atoms with E-state index in [0.717, 1.165) is 37.3 Å². The third kappa shape index (κ3) is 3.12. The number of hydrogen-bond donors (Lipinski definition) is 3. The maximum Gasteiger partial charge on any atom is 0.204 e. The molecule has 2 aromatic rings. The Kier molecular flexibility index (Phi) is 4.71. The lowest BCUT2D eigenvalue weighted by Gasteiger charge is -2.44. The molecule has 2 aliphatic heterocycles. The summed E-state index contributed by atoms with van der Waals surface area (Å²) in [6.07, 6.45) is 3.41. The van der Waals surface area contributed by atoms with Gasteiger partial charge in [0.1, 0.15) is 17.5 Å². The molecule has 4 N–H and O–H groups in total. The molecule has 0 radical (unpaired) electrons. The third-order valence-corrected chi connectivity index (χ3v) is 5.19. The Hall–Kier alpha value is -3.01. The second-order valence-corrected chi connectivity index (χ2v) is 6.90. The monoisotopic (exact) mass is 360 g/mol. The number of hydrogen-bond acceptors (Lipinski definition) is 6. The molecule has 6 heteroatoms. The van der Waals surface area contributed by atoms with E-state index >= 15 is 0 Å². The number of hydrazine groups is 1. The topological polar surface area (TPSA) is 80.3 Å². The van der Waals surface area contributed by atoms with Gasteiger partial charge in [0.05, 0.1) is 5.69 Å². The molecule has 2 heterocycles. The standard InChI is InChI=1S/C21H24N6/c22-16-19-20(23)27(18-12-6-2-7-13-18)25-21(19,26-14-8-3-9-15-26)24-17-10-4-1-5-11-17/h1-2,4-7,10-13,24-25H,3,8-9,14-15,23H2. The van der Waals surface area contributed by atoms with Crippen LogP contribution < -0.4 is 21.5 Å². The van der Waals surface area contributed by atoms with Crippen LogP contribution in [-0.2, 0) is 0 Å². The summed E-state index contributed by atoms with van der Waals surface area (Å²) < 4.78 is 0. The molecule has 0 saturated carbocycles. The lowest BCUT2D eigenvalue weighted by molar-refractivity contribution is 0.0991. The lowest BCUT2D eigenvalue weighted by Crippen LogP contribution is -2.66. The van der Waals surface area contributed by atoms with E-state index in [1.807, 2.05) is 65.7 Å². The van der Waals surface area contributed by atoms with Crippen LogP contribution in [-0.4, -0.2) is 23.8 Å². The first-order chi connectivity index (χ1) is 13.2. The first-order valence-corrected chi connectivity index (χ1v) is 9.36. The van der Waals surface area contributed by atoms with Gasteiger partial charge in [0.2, 0.25) is 5.79 Å². The van der Waals surface area contributed by atoms with Crippen molar-refractivity contribution in [1.29, 1.82) is 5.26 Å². The first-order valence-electron chi connectivity index (χ1n) is 9.36. The number of anilines is 2. The van der Waals surface area contributed by atoms with Crippen LogP contribution in [0.1, 0.15) is 19.3 Å². The van der Waals surface area contributed by atoms with Crippen LogP contribution in [0.25, 0.3) is 0 Å². The van der Waals surface area contributed by atoms with Crippen LogP contribution in [0.5, 0.6) is 0 Å². The summed E-state index contributed by atoms with van der Waals surface area (Å²) in [4.78, 5) is 2.29. The highest BCUT2D eigenvalue weighted by molar-refractivity contribution is 5.62. The summed E-state index contributed by atoms with van der Waals surface area (Å²) in [5.41, 5.74) is 12.3. The zero-order valence-corrected chi connectivity index (χ0v) is 15.2. The largest absolute Gasteiger partial charge is 0.383 e. The minimum atomic E-state index is -0.865. The fraction of sp³-hybridized carbons (Fsp3) is 0.286. The molecule has 0 amide bonds. The van der Waals surface area contributed by atoms with Gasteiger partial charge in [0.25, 0.3) is 0 Å². The van der Waals surface area contributed by atoms with Crippen molar-refractivity contribution in [2.75, 3.05) is 23.4 Å². The molecule has 1 saturated heterocycles. The van der Waals surface area contributed by atoms with Crippen molar-refractivity contribution in [2.24, 2.45) is 5.73 Å². The summed E-state index contributed by atoms with van der Waals surface area (Å²) in [6.45, 7) is 1.79. The maximum absolute atomic E-state index is 10.0. The normalized spacial score (nSPS) is 23.3. The van der Waals surface area contributed by atoms with Crippen molar-refractivity contribution in [1.82, 2.24) is 10.3 Å². The van der Waals surface area contributed by atoms with Gasteiger partial charge in [-0.3, -0.25) is 9.91 Å². The summed E-state index contributed by atoms with van der Waals surface area (Å²) in [5, 5.41) is 15.4. The fourth-order valence-corrected chi connectivity index (χ4v) is 3.85. The zero-order valence-electron chi connectivity index (χ0n) is 15.2. The molecule has 2 aliphatic rings. The zero-order chi connectivity index (χ0) is 18.7. The van der Waals surface area contributed by atoms with E-state index in [2.05, 4.69) is 21.7 Å². The lowest BCUT2D eigenvalue weighted by atomic mass is 10.0. The van der Waals surface area contributed by atoms with E-state index in [-0.39, 0.29) is 0 Å². The van der Waals surface area contributed by atoms with E-state index in [1.165, 1.54) is 6.42 Å². The Morgan fingerprint density at radius 3 is 2.22 bits per heavy atom. The Bertz CT molecular complexity index is 851. The van der Waals surface area contributed by atoms with E-state index in [4.69, 9.17) is 5.73 Å². The first kappa shape index (κ1) is 17.4. The van der Waals surface area contributed by atoms with E-state index in [1.54, 1.807) is 0 Å². The predicted molar refractivity (Wildman–Crippen MR) is 107 cm³/mol. The molecule has 1 unspecified atom stereocenters. The number of nitrogens with two attached hydrogens (primary N) is 1. The third-order valence-electron chi connectivity index (χ3n) is 5.19. The molecule has 6 nitrogen and oxygen atoms in total. The summed E-state index contributed by atoms with van der Waals surface area (Å²) in [6, 6.07) is 22.2. The average molecular weight is 360 g/mol. The minimum Gasteiger partial charge on any atom is -0.383 e. The van der Waals surface area contributed by atoms with Crippen LogP contribution in [0.3, 0.4) is 0 Å². The Morgan fingerprint density at radius 1 is 0.963 bits per heavy atom. The highest BCUT2D eigenvalue weighted by atomic mass is 15.7. The van der Waals surface area contributed by atoms with Gasteiger partial charge in [-0.15, -0.1) is 0 Å². The second kappa shape index (κ2) is 7.31. The van der Waals surface area contributed by atoms with Gasteiger partial charge in [-0.2, -0.15) is 10.7 Å². The van der Waals surface area contributed by atoms with Crippen LogP contribution >= 0.6 is 0 Å². The smallest absolute Gasteiger partial charge is 0.204 e. The number of rotatable bonds is 4. The number of benzene rings is 2. The maximum atomic E-state index is 10.0. The number of nitriles is 1. The van der Waals surface area contributed by atoms with E-state index in [0.29, 0.717) is 11.4 Å². The Balaban J connectivity index is 1.78. The van der Waals surface area contributed by atoms with Gasteiger partial charge < -0.3 is 11.1 Å². The molecular weight excluding hydrogens is 336 g/mol. The minimum absolute atomic E-state index is 0.428. The molecule has 0 aromatic heterocycles. The SMILES string of the molecule is N#CC1=C(N)N(c2ccccc2)NC1(Nc1ccccc1)N1CCCCC1. The molecular formula is C21H24N6. The van der Waals surface area contributed by atoms with Crippen molar-refractivity contribution in [3.63, 3.8) is 0 Å². The highest BCUT2D eigenvalue weighted by Gasteiger charge is 2.50. The van der Waals surface area contributed by atoms with E-state index in [9.17, 15) is 5.26 Å². The number of nitrogens with zero attached hydrogens (tertiary/aromatic N) is 3. The van der Waals surface area contributed by atoms with Crippen LogP contribution in [0.4, 0.5) is 11.4 Å². The van der Waals surface area contributed by atoms with Gasteiger partial charge in [0.15, 0.2) is 0 Å². The Labute approximate surface area is 159 Å². The average Bonchev–Trinajstić information content (AvgIpc) is 3.02. The molecule has 4 rings (SSSR count). The summed E-state index contributed by atoms with van der Waals surface area (Å²) >= 11 is 0. The quantitative estimate of drug-likeness (QED) is 0.778. The van der Waals surface area contributed by atoms with Crippen molar-refractivity contribution in [3.05, 3.63) is 72.1 Å². The van der Waals surface area contributed by atoms with Crippen LogP contribution in [0.2, 0.25) is 0 Å². The molecule has 2 aromatic carbocycles. The van der Waals surface area contributed by atoms with Gasteiger partial charge >= 0.3 is 0 Å². The van der Waals surface area contributed by atoms with Crippen molar-refractivity contribution in [3.8, 4) is 6.07 Å². The molecule has 27 heavy (non-hydrogen) atoms. The molecule has 1 atom stereocenters. The van der Waals surface area contributed by atoms with Crippen molar-refractivity contribution in [2.45, 2.75) is 25.0 Å². The Morgan fingerprint density at radius 2 is 1.59 bits per heavy atom. The second-order valence-electron chi connectivity index (χ2n) is 6.90. The molecule has 138 valence electrons. The van der Waals surface area contributed by atoms with Crippen molar-refractivity contribution >= 4 is 11.4 Å². The predicted octanol–water partition coefficient (Wildman–Crippen LogP) is 2.96. The molecule has 1 fully saturated rings. The van der Waals surface area contributed by atoms with Gasteiger partial charge in [-0.1, -0.05) is 42.8 Å². The number of likely N-dealkylation sites (tertiary alicyclic amines) is 1. The summed E-state index contributed by atoms with van der Waals surface area (Å²) in [5.74, 6) is -0.436. The number of para-hydroxylation sites is 2. The van der Waals surface area contributed by atoms with Gasteiger partial charge in [0, 0.05) is 18.8 Å². The molecule has 0 aliphatic carbocycles. The fourth-order valence-electron chi connectivity index (χ4n) is 3.85. The highest BCUT2D eigenvalue weighted by Crippen LogP contribution is 2.35. The summed E-state index contributed by atoms with van der Waals surface area (Å²) in [7, 11) is 0. The molecule has 0 bridgehead atoms. The van der Waals surface area contributed by atoms with Crippen LogP contribution in [0.15, 0.2) is 72.1 Å². The van der Waals surface area contributed by atoms with Gasteiger partial charge in [-0.25, -0.2) is 0 Å². The number of nitrogens with one attached hydrogen (secondary N) is 2. The van der Waals surface area contributed by atoms with Gasteiger partial charge in [-0.05, 0) is 37.1 Å².